The van der Waals surface area contributed by atoms with Gasteiger partial charge in [-0.3, -0.25) is 20.4 Å². The molecule has 3 aromatic rings. The Labute approximate surface area is 127 Å². The zero-order chi connectivity index (χ0) is 15.0. The number of nitrogens with one attached hydrogen (secondary N) is 1. The second-order valence-electron chi connectivity index (χ2n) is 5.37. The number of hydrogen-bond donors (Lipinski definition) is 2. The third-order valence-corrected chi connectivity index (χ3v) is 4.71. The molecule has 0 amide bonds. The number of aromatic nitrogens is 4. The maximum Gasteiger partial charge on any atom is 0.193 e. The van der Waals surface area contributed by atoms with E-state index < -0.39 is 0 Å². The average molecular weight is 304 g/mol. The van der Waals surface area contributed by atoms with Gasteiger partial charge in [-0.25, -0.2) is 4.98 Å². The summed E-state index contributed by atoms with van der Waals surface area (Å²) < 4.78 is 3.97. The van der Waals surface area contributed by atoms with Gasteiger partial charge in [-0.1, -0.05) is 0 Å². The van der Waals surface area contributed by atoms with E-state index in [9.17, 15) is 0 Å². The lowest BCUT2D eigenvalue weighted by Crippen LogP contribution is -2.38. The molecule has 0 fully saturated rings. The Hall–Kier alpha value is -1.70. The van der Waals surface area contributed by atoms with Gasteiger partial charge in [0.1, 0.15) is 0 Å². The summed E-state index contributed by atoms with van der Waals surface area (Å²) in [7, 11) is 1.97. The van der Waals surface area contributed by atoms with Crippen molar-refractivity contribution in [2.24, 2.45) is 12.9 Å². The van der Waals surface area contributed by atoms with Gasteiger partial charge in [0.2, 0.25) is 0 Å². The molecule has 0 aromatic carbocycles. The molecule has 0 aliphatic rings. The van der Waals surface area contributed by atoms with Crippen molar-refractivity contribution in [3.05, 3.63) is 40.4 Å². The topological polar surface area (TPSA) is 73.2 Å². The first-order chi connectivity index (χ1) is 10.1. The fraction of sp³-hybridized carbons (Fsp3) is 0.429. The molecule has 112 valence electrons. The lowest BCUT2D eigenvalue weighted by atomic mass is 10.0. The van der Waals surface area contributed by atoms with Crippen molar-refractivity contribution >= 4 is 16.3 Å². The van der Waals surface area contributed by atoms with Gasteiger partial charge in [-0.2, -0.15) is 5.10 Å². The lowest BCUT2D eigenvalue weighted by Gasteiger charge is -2.15. The summed E-state index contributed by atoms with van der Waals surface area (Å²) in [6, 6.07) is 0.149. The second kappa shape index (κ2) is 5.59. The molecular weight excluding hydrogens is 284 g/mol. The molecule has 0 spiro atoms. The predicted molar refractivity (Wildman–Crippen MR) is 84.3 cm³/mol. The highest BCUT2D eigenvalue weighted by Crippen LogP contribution is 2.17. The number of fused-ring (bicyclic) bond motifs is 1. The maximum absolute atomic E-state index is 5.74. The van der Waals surface area contributed by atoms with Crippen LogP contribution in [0.15, 0.2) is 17.8 Å². The van der Waals surface area contributed by atoms with Crippen LogP contribution < -0.4 is 11.3 Å². The van der Waals surface area contributed by atoms with Crippen LogP contribution >= 0.6 is 11.3 Å². The quantitative estimate of drug-likeness (QED) is 0.551. The zero-order valence-corrected chi connectivity index (χ0v) is 13.3. The number of thiazole rings is 1. The molecule has 6 nitrogen and oxygen atoms in total. The number of rotatable bonds is 5. The standard InChI is InChI=1S/C14H20N6S/c1-9-13(10(2)19(3)18-9)7-11(17-15)6-12-8-20-4-5-21-14(20)16-12/h4-5,8,11,17H,6-7,15H2,1-3H3. The summed E-state index contributed by atoms with van der Waals surface area (Å²) in [5.41, 5.74) is 7.50. The Morgan fingerprint density at radius 3 is 2.81 bits per heavy atom. The van der Waals surface area contributed by atoms with Crippen molar-refractivity contribution in [1.82, 2.24) is 24.6 Å². The SMILES string of the molecule is Cc1nn(C)c(C)c1CC(Cc1cn2ccsc2n1)NN. The molecule has 0 aliphatic heterocycles. The fourth-order valence-electron chi connectivity index (χ4n) is 2.68. The van der Waals surface area contributed by atoms with Gasteiger partial charge in [-0.05, 0) is 25.8 Å². The monoisotopic (exact) mass is 304 g/mol. The molecule has 7 heteroatoms. The predicted octanol–water partition coefficient (Wildman–Crippen LogP) is 1.36. The van der Waals surface area contributed by atoms with Crippen LogP contribution in [-0.2, 0) is 19.9 Å². The van der Waals surface area contributed by atoms with Crippen molar-refractivity contribution < 1.29 is 0 Å². The van der Waals surface area contributed by atoms with E-state index in [1.807, 2.05) is 34.6 Å². The third-order valence-electron chi connectivity index (χ3n) is 3.94. The van der Waals surface area contributed by atoms with Gasteiger partial charge in [0, 0.05) is 43.0 Å². The van der Waals surface area contributed by atoms with Crippen molar-refractivity contribution in [2.45, 2.75) is 32.7 Å². The third kappa shape index (κ3) is 2.72. The van der Waals surface area contributed by atoms with Gasteiger partial charge >= 0.3 is 0 Å². The van der Waals surface area contributed by atoms with Crippen molar-refractivity contribution in [3.63, 3.8) is 0 Å². The Morgan fingerprint density at radius 1 is 1.38 bits per heavy atom. The summed E-state index contributed by atoms with van der Waals surface area (Å²) >= 11 is 1.64. The second-order valence-corrected chi connectivity index (χ2v) is 6.24. The van der Waals surface area contributed by atoms with Crippen LogP contribution in [-0.4, -0.2) is 25.2 Å². The summed E-state index contributed by atoms with van der Waals surface area (Å²) in [5, 5.41) is 6.50. The van der Waals surface area contributed by atoms with E-state index in [0.717, 1.165) is 29.2 Å². The normalized spacial score (nSPS) is 13.1. The van der Waals surface area contributed by atoms with Crippen molar-refractivity contribution in [3.8, 4) is 0 Å². The van der Waals surface area contributed by atoms with E-state index in [4.69, 9.17) is 5.84 Å². The number of nitrogens with two attached hydrogens (primary N) is 1. The van der Waals surface area contributed by atoms with Crippen LogP contribution in [0.4, 0.5) is 0 Å². The molecular formula is C14H20N6S. The maximum atomic E-state index is 5.74. The molecule has 0 saturated heterocycles. The van der Waals surface area contributed by atoms with E-state index in [1.54, 1.807) is 11.3 Å². The van der Waals surface area contributed by atoms with Crippen LogP contribution in [0.1, 0.15) is 22.6 Å². The van der Waals surface area contributed by atoms with Crippen molar-refractivity contribution in [2.75, 3.05) is 0 Å². The molecule has 1 atom stereocenters. The van der Waals surface area contributed by atoms with E-state index >= 15 is 0 Å². The van der Waals surface area contributed by atoms with Crippen molar-refractivity contribution in [1.29, 1.82) is 0 Å². The molecule has 1 unspecified atom stereocenters. The molecule has 3 N–H and O–H groups in total. The van der Waals surface area contributed by atoms with E-state index in [-0.39, 0.29) is 6.04 Å². The highest BCUT2D eigenvalue weighted by atomic mass is 32.1. The lowest BCUT2D eigenvalue weighted by molar-refractivity contribution is 0.516. The summed E-state index contributed by atoms with van der Waals surface area (Å²) in [6.45, 7) is 4.14. The Balaban J connectivity index is 1.77. The fourth-order valence-corrected chi connectivity index (χ4v) is 3.40. The first-order valence-corrected chi connectivity index (χ1v) is 7.82. The highest BCUT2D eigenvalue weighted by Gasteiger charge is 2.17. The largest absolute Gasteiger partial charge is 0.297 e. The smallest absolute Gasteiger partial charge is 0.193 e. The van der Waals surface area contributed by atoms with Gasteiger partial charge < -0.3 is 0 Å². The number of hydrogen-bond acceptors (Lipinski definition) is 5. The van der Waals surface area contributed by atoms with E-state index in [1.165, 1.54) is 11.3 Å². The van der Waals surface area contributed by atoms with E-state index in [2.05, 4.69) is 28.6 Å². The molecule has 3 aromatic heterocycles. The highest BCUT2D eigenvalue weighted by molar-refractivity contribution is 7.15. The van der Waals surface area contributed by atoms with Crippen LogP contribution in [0.25, 0.3) is 4.96 Å². The van der Waals surface area contributed by atoms with Gasteiger partial charge in [0.25, 0.3) is 0 Å². The first kappa shape index (κ1) is 14.2. The van der Waals surface area contributed by atoms with Crippen LogP contribution in [0.3, 0.4) is 0 Å². The Morgan fingerprint density at radius 2 is 2.19 bits per heavy atom. The number of nitrogens with zero attached hydrogens (tertiary/aromatic N) is 4. The Kier molecular flexibility index (Phi) is 3.79. The van der Waals surface area contributed by atoms with E-state index in [0.29, 0.717) is 0 Å². The minimum atomic E-state index is 0.149. The molecule has 0 aliphatic carbocycles. The van der Waals surface area contributed by atoms with Gasteiger partial charge in [-0.15, -0.1) is 11.3 Å². The molecule has 3 rings (SSSR count). The zero-order valence-electron chi connectivity index (χ0n) is 12.5. The van der Waals surface area contributed by atoms with Crippen LogP contribution in [0.5, 0.6) is 0 Å². The van der Waals surface area contributed by atoms with Gasteiger partial charge in [0.15, 0.2) is 4.96 Å². The minimum Gasteiger partial charge on any atom is -0.297 e. The number of aryl methyl sites for hydroxylation is 2. The molecule has 3 heterocycles. The summed E-state index contributed by atoms with van der Waals surface area (Å²) in [6.07, 6.45) is 5.75. The summed E-state index contributed by atoms with van der Waals surface area (Å²) in [5.74, 6) is 5.74. The first-order valence-electron chi connectivity index (χ1n) is 6.94. The van der Waals surface area contributed by atoms with Crippen LogP contribution in [0, 0.1) is 13.8 Å². The minimum absolute atomic E-state index is 0.149. The summed E-state index contributed by atoms with van der Waals surface area (Å²) in [4.78, 5) is 5.64. The Bertz CT molecular complexity index is 724. The average Bonchev–Trinajstić information content (AvgIpc) is 3.08. The van der Waals surface area contributed by atoms with Crippen LogP contribution in [0.2, 0.25) is 0 Å². The number of hydrazine groups is 1. The number of imidazole rings is 1. The molecule has 0 bridgehead atoms. The molecule has 0 saturated carbocycles. The van der Waals surface area contributed by atoms with Gasteiger partial charge in [0.05, 0.1) is 11.4 Å². The molecule has 0 radical (unpaired) electrons. The molecule has 21 heavy (non-hydrogen) atoms.